The third-order valence-electron chi connectivity index (χ3n) is 5.40. The van der Waals surface area contributed by atoms with Crippen LogP contribution in [0.1, 0.15) is 16.2 Å². The number of aromatic nitrogens is 2. The Balaban J connectivity index is 1.43. The molecule has 0 unspecified atom stereocenters. The fourth-order valence-corrected chi connectivity index (χ4v) is 4.26. The molecule has 0 bridgehead atoms. The first-order chi connectivity index (χ1) is 15.0. The number of hydrogen-bond donors (Lipinski definition) is 1. The lowest BCUT2D eigenvalue weighted by Gasteiger charge is -2.34. The monoisotopic (exact) mass is 485 g/mol. The summed E-state index contributed by atoms with van der Waals surface area (Å²) in [6, 6.07) is 11.2. The van der Waals surface area contributed by atoms with Gasteiger partial charge in [-0.15, -0.1) is 0 Å². The van der Waals surface area contributed by atoms with Gasteiger partial charge in [-0.3, -0.25) is 9.69 Å². The van der Waals surface area contributed by atoms with Gasteiger partial charge < -0.3 is 20.1 Å². The Kier molecular flexibility index (Phi) is 6.24. The number of amides is 1. The van der Waals surface area contributed by atoms with E-state index in [1.807, 2.05) is 29.2 Å². The van der Waals surface area contributed by atoms with Gasteiger partial charge in [0, 0.05) is 37.1 Å². The van der Waals surface area contributed by atoms with Crippen LogP contribution in [0.25, 0.3) is 10.9 Å². The maximum atomic E-state index is 13.0. The summed E-state index contributed by atoms with van der Waals surface area (Å²) in [5, 5.41) is 0.863. The van der Waals surface area contributed by atoms with Crippen molar-refractivity contribution in [2.75, 3.05) is 46.1 Å². The summed E-state index contributed by atoms with van der Waals surface area (Å²) < 4.78 is 11.4. The van der Waals surface area contributed by atoms with E-state index >= 15 is 0 Å². The van der Waals surface area contributed by atoms with Crippen LogP contribution >= 0.6 is 15.9 Å². The van der Waals surface area contributed by atoms with Crippen LogP contribution in [0, 0.1) is 0 Å². The third-order valence-corrected chi connectivity index (χ3v) is 6.18. The number of piperazine rings is 1. The lowest BCUT2D eigenvalue weighted by molar-refractivity contribution is 0.0625. The summed E-state index contributed by atoms with van der Waals surface area (Å²) in [6.07, 6.45) is 0. The first-order valence-corrected chi connectivity index (χ1v) is 10.7. The van der Waals surface area contributed by atoms with Crippen LogP contribution in [0.5, 0.6) is 11.5 Å². The van der Waals surface area contributed by atoms with E-state index in [0.717, 1.165) is 24.0 Å². The Bertz CT molecular complexity index is 1090. The lowest BCUT2D eigenvalue weighted by Crippen LogP contribution is -2.48. The van der Waals surface area contributed by atoms with Gasteiger partial charge in [0.15, 0.2) is 0 Å². The first kappa shape index (κ1) is 21.3. The summed E-state index contributed by atoms with van der Waals surface area (Å²) in [6.45, 7) is 3.28. The number of carbonyl (C=O) groups is 1. The summed E-state index contributed by atoms with van der Waals surface area (Å²) >= 11 is 3.44. The molecule has 1 fully saturated rings. The van der Waals surface area contributed by atoms with Gasteiger partial charge in [0.25, 0.3) is 5.91 Å². The Morgan fingerprint density at radius 2 is 1.71 bits per heavy atom. The largest absolute Gasteiger partial charge is 0.495 e. The van der Waals surface area contributed by atoms with Crippen molar-refractivity contribution in [2.45, 2.75) is 6.54 Å². The summed E-state index contributed by atoms with van der Waals surface area (Å²) in [4.78, 5) is 26.2. The lowest BCUT2D eigenvalue weighted by atomic mass is 10.1. The number of fused-ring (bicyclic) bond motifs is 1. The van der Waals surface area contributed by atoms with Crippen LogP contribution < -0.4 is 15.2 Å². The van der Waals surface area contributed by atoms with E-state index in [-0.39, 0.29) is 5.91 Å². The van der Waals surface area contributed by atoms with Gasteiger partial charge >= 0.3 is 0 Å². The minimum absolute atomic E-state index is 0.0463. The van der Waals surface area contributed by atoms with Gasteiger partial charge in [0.2, 0.25) is 0 Å². The Morgan fingerprint density at radius 3 is 2.35 bits per heavy atom. The van der Waals surface area contributed by atoms with Gasteiger partial charge in [0.1, 0.15) is 27.6 Å². The summed E-state index contributed by atoms with van der Waals surface area (Å²) in [7, 11) is 3.13. The highest BCUT2D eigenvalue weighted by atomic mass is 79.9. The molecule has 2 N–H and O–H groups in total. The van der Waals surface area contributed by atoms with Gasteiger partial charge in [-0.05, 0) is 40.2 Å². The fourth-order valence-electron chi connectivity index (χ4n) is 3.71. The molecule has 0 saturated carbocycles. The van der Waals surface area contributed by atoms with Crippen molar-refractivity contribution in [3.8, 4) is 11.5 Å². The first-order valence-electron chi connectivity index (χ1n) is 9.94. The Hall–Kier alpha value is -2.91. The number of methoxy groups -OCH3 is 2. The topological polar surface area (TPSA) is 93.8 Å². The molecule has 162 valence electrons. The van der Waals surface area contributed by atoms with Gasteiger partial charge in [-0.1, -0.05) is 12.1 Å². The number of nitrogens with zero attached hydrogens (tertiary/aromatic N) is 4. The predicted octanol–water partition coefficient (Wildman–Crippen LogP) is 2.95. The number of ether oxygens (including phenoxy) is 2. The van der Waals surface area contributed by atoms with Crippen LogP contribution in [0.4, 0.5) is 5.82 Å². The minimum atomic E-state index is -0.0463. The molecule has 1 amide bonds. The van der Waals surface area contributed by atoms with Crippen molar-refractivity contribution in [2.24, 2.45) is 0 Å². The van der Waals surface area contributed by atoms with E-state index in [9.17, 15) is 4.79 Å². The molecule has 3 aromatic rings. The Labute approximate surface area is 189 Å². The molecule has 1 aromatic heterocycles. The molecule has 0 spiro atoms. The van der Waals surface area contributed by atoms with Crippen molar-refractivity contribution in [3.63, 3.8) is 0 Å². The summed E-state index contributed by atoms with van der Waals surface area (Å²) in [5.41, 5.74) is 7.48. The minimum Gasteiger partial charge on any atom is -0.495 e. The molecule has 0 radical (unpaired) electrons. The van der Waals surface area contributed by atoms with Crippen LogP contribution in [0.2, 0.25) is 0 Å². The number of nitrogens with two attached hydrogens (primary N) is 1. The molecule has 8 nitrogen and oxygen atoms in total. The van der Waals surface area contributed by atoms with Crippen molar-refractivity contribution in [1.82, 2.24) is 19.8 Å². The van der Waals surface area contributed by atoms with Gasteiger partial charge in [-0.25, -0.2) is 9.97 Å². The maximum Gasteiger partial charge on any atom is 0.254 e. The van der Waals surface area contributed by atoms with Crippen molar-refractivity contribution < 1.29 is 14.3 Å². The summed E-state index contributed by atoms with van der Waals surface area (Å²) in [5.74, 6) is 2.26. The second kappa shape index (κ2) is 9.07. The molecular weight excluding hydrogens is 462 g/mol. The van der Waals surface area contributed by atoms with E-state index in [0.29, 0.717) is 52.8 Å². The quantitative estimate of drug-likeness (QED) is 0.593. The van der Waals surface area contributed by atoms with E-state index in [1.54, 1.807) is 26.4 Å². The van der Waals surface area contributed by atoms with Crippen LogP contribution in [0.3, 0.4) is 0 Å². The molecule has 2 aromatic carbocycles. The van der Waals surface area contributed by atoms with Gasteiger partial charge in [0.05, 0.1) is 26.3 Å². The van der Waals surface area contributed by atoms with Crippen molar-refractivity contribution in [1.29, 1.82) is 0 Å². The number of halogens is 1. The molecule has 0 aliphatic carbocycles. The molecule has 1 aliphatic heterocycles. The number of rotatable bonds is 5. The Morgan fingerprint density at radius 1 is 1.06 bits per heavy atom. The van der Waals surface area contributed by atoms with E-state index in [1.165, 1.54) is 0 Å². The van der Waals surface area contributed by atoms with Crippen LogP contribution in [-0.4, -0.2) is 66.1 Å². The van der Waals surface area contributed by atoms with E-state index in [4.69, 9.17) is 15.2 Å². The molecular formula is C22H24BrN5O3. The molecule has 1 saturated heterocycles. The number of carbonyl (C=O) groups excluding carboxylic acids is 1. The van der Waals surface area contributed by atoms with Crippen molar-refractivity contribution in [3.05, 3.63) is 52.3 Å². The average molecular weight is 486 g/mol. The molecule has 9 heteroatoms. The van der Waals surface area contributed by atoms with E-state index < -0.39 is 0 Å². The normalized spacial score (nSPS) is 14.6. The van der Waals surface area contributed by atoms with E-state index in [2.05, 4.69) is 30.8 Å². The number of benzene rings is 2. The second-order valence-corrected chi connectivity index (χ2v) is 8.10. The standard InChI is InChI=1S/C22H24BrN5O3/c1-30-17-11-14(12-18(31-2)20(17)23)22(29)28-9-7-27(8-10-28)13-19-25-16-6-4-3-5-15(16)21(24)26-19/h3-6,11-12H,7-10,13H2,1-2H3,(H2,24,25,26). The van der Waals surface area contributed by atoms with Gasteiger partial charge in [-0.2, -0.15) is 0 Å². The van der Waals surface area contributed by atoms with Crippen molar-refractivity contribution >= 4 is 38.6 Å². The molecule has 0 atom stereocenters. The molecule has 31 heavy (non-hydrogen) atoms. The highest BCUT2D eigenvalue weighted by Gasteiger charge is 2.24. The zero-order chi connectivity index (χ0) is 22.0. The average Bonchev–Trinajstić information content (AvgIpc) is 2.79. The maximum absolute atomic E-state index is 13.0. The fraction of sp³-hybridized carbons (Fsp3) is 0.318. The second-order valence-electron chi connectivity index (χ2n) is 7.31. The SMILES string of the molecule is COc1cc(C(=O)N2CCN(Cc3nc(N)c4ccccc4n3)CC2)cc(OC)c1Br. The van der Waals surface area contributed by atoms with Crippen LogP contribution in [0.15, 0.2) is 40.9 Å². The predicted molar refractivity (Wildman–Crippen MR) is 122 cm³/mol. The number of para-hydroxylation sites is 1. The molecule has 4 rings (SSSR count). The highest BCUT2D eigenvalue weighted by Crippen LogP contribution is 2.36. The number of anilines is 1. The molecule has 1 aliphatic rings. The zero-order valence-electron chi connectivity index (χ0n) is 17.5. The number of nitrogen functional groups attached to an aromatic ring is 1. The molecule has 2 heterocycles. The van der Waals surface area contributed by atoms with Crippen LogP contribution in [-0.2, 0) is 6.54 Å². The highest BCUT2D eigenvalue weighted by molar-refractivity contribution is 9.10. The zero-order valence-corrected chi connectivity index (χ0v) is 19.1. The third kappa shape index (κ3) is 4.42. The smallest absolute Gasteiger partial charge is 0.254 e. The number of hydrogen-bond acceptors (Lipinski definition) is 7.